The molecule has 2 rings (SSSR count). The van der Waals surface area contributed by atoms with Crippen LogP contribution in [0.4, 0.5) is 0 Å². The molecule has 1 aliphatic rings. The monoisotopic (exact) mass is 289 g/mol. The third-order valence-corrected chi connectivity index (χ3v) is 3.98. The van der Waals surface area contributed by atoms with Gasteiger partial charge in [-0.3, -0.25) is 9.69 Å². The number of hydrogen-bond donors (Lipinski definition) is 2. The Morgan fingerprint density at radius 1 is 1.29 bits per heavy atom. The highest BCUT2D eigenvalue weighted by Crippen LogP contribution is 2.18. The molecule has 4 heteroatoms. The van der Waals surface area contributed by atoms with E-state index < -0.39 is 0 Å². The van der Waals surface area contributed by atoms with Crippen molar-refractivity contribution >= 4 is 5.91 Å². The molecule has 116 valence electrons. The number of nitrogens with one attached hydrogen (secondary N) is 2. The topological polar surface area (TPSA) is 44.4 Å². The second kappa shape index (κ2) is 8.80. The van der Waals surface area contributed by atoms with Crippen LogP contribution in [0.1, 0.15) is 25.3 Å². The summed E-state index contributed by atoms with van der Waals surface area (Å²) < 4.78 is 0. The lowest BCUT2D eigenvalue weighted by atomic mass is 9.96. The van der Waals surface area contributed by atoms with Gasteiger partial charge >= 0.3 is 0 Å². The molecule has 1 fully saturated rings. The molecule has 1 aromatic carbocycles. The van der Waals surface area contributed by atoms with E-state index in [-0.39, 0.29) is 11.8 Å². The molecular formula is C17H27N3O. The Morgan fingerprint density at radius 3 is 2.86 bits per heavy atom. The molecule has 1 aliphatic heterocycles. The van der Waals surface area contributed by atoms with Crippen LogP contribution in [0.25, 0.3) is 0 Å². The highest BCUT2D eigenvalue weighted by Gasteiger charge is 2.25. The van der Waals surface area contributed by atoms with Gasteiger partial charge < -0.3 is 10.6 Å². The van der Waals surface area contributed by atoms with Crippen LogP contribution in [0.2, 0.25) is 0 Å². The third kappa shape index (κ3) is 5.48. The van der Waals surface area contributed by atoms with Gasteiger partial charge in [0.15, 0.2) is 0 Å². The molecule has 0 saturated carbocycles. The first-order chi connectivity index (χ1) is 10.3. The molecule has 4 nitrogen and oxygen atoms in total. The Morgan fingerprint density at radius 2 is 2.10 bits per heavy atom. The average molecular weight is 289 g/mol. The first-order valence-electron chi connectivity index (χ1n) is 8.04. The number of benzene rings is 1. The third-order valence-electron chi connectivity index (χ3n) is 3.98. The fraction of sp³-hybridized carbons (Fsp3) is 0.588. The fourth-order valence-electron chi connectivity index (χ4n) is 2.85. The van der Waals surface area contributed by atoms with Gasteiger partial charge in [0, 0.05) is 26.2 Å². The lowest BCUT2D eigenvalue weighted by Crippen LogP contribution is -2.44. The maximum Gasteiger partial charge on any atom is 0.224 e. The van der Waals surface area contributed by atoms with Gasteiger partial charge in [-0.1, -0.05) is 37.3 Å². The van der Waals surface area contributed by atoms with Crippen LogP contribution in [0.3, 0.4) is 0 Å². The van der Waals surface area contributed by atoms with Crippen LogP contribution in [0.5, 0.6) is 0 Å². The zero-order valence-corrected chi connectivity index (χ0v) is 13.0. The molecule has 0 radical (unpaired) electrons. The van der Waals surface area contributed by atoms with Crippen LogP contribution in [-0.4, -0.2) is 43.5 Å². The molecule has 1 amide bonds. The quantitative estimate of drug-likeness (QED) is 0.750. The number of piperidine rings is 1. The van der Waals surface area contributed by atoms with Gasteiger partial charge in [0.25, 0.3) is 0 Å². The molecule has 1 heterocycles. The number of likely N-dealkylation sites (tertiary alicyclic amines) is 1. The molecule has 1 aromatic rings. The van der Waals surface area contributed by atoms with Gasteiger partial charge in [-0.15, -0.1) is 0 Å². The number of carbonyl (C=O) groups is 1. The summed E-state index contributed by atoms with van der Waals surface area (Å²) in [5.41, 5.74) is 1.32. The number of rotatable bonds is 7. The van der Waals surface area contributed by atoms with Crippen molar-refractivity contribution in [1.82, 2.24) is 15.5 Å². The van der Waals surface area contributed by atoms with E-state index in [9.17, 15) is 4.79 Å². The summed E-state index contributed by atoms with van der Waals surface area (Å²) in [6, 6.07) is 10.5. The minimum absolute atomic E-state index is 0.143. The smallest absolute Gasteiger partial charge is 0.224 e. The number of hydrogen-bond acceptors (Lipinski definition) is 3. The normalized spacial score (nSPS) is 19.4. The summed E-state index contributed by atoms with van der Waals surface area (Å²) >= 11 is 0. The molecule has 1 atom stereocenters. The summed E-state index contributed by atoms with van der Waals surface area (Å²) in [7, 11) is 0. The van der Waals surface area contributed by atoms with E-state index in [0.717, 1.165) is 52.1 Å². The fourth-order valence-corrected chi connectivity index (χ4v) is 2.85. The summed E-state index contributed by atoms with van der Waals surface area (Å²) in [6.07, 6.45) is 2.12. The summed E-state index contributed by atoms with van der Waals surface area (Å²) in [5, 5.41) is 6.27. The van der Waals surface area contributed by atoms with Crippen LogP contribution < -0.4 is 10.6 Å². The van der Waals surface area contributed by atoms with E-state index in [0.29, 0.717) is 0 Å². The molecule has 1 saturated heterocycles. The minimum atomic E-state index is 0.143. The van der Waals surface area contributed by atoms with Gasteiger partial charge in [-0.25, -0.2) is 0 Å². The Kier molecular flexibility index (Phi) is 6.70. The molecule has 0 bridgehead atoms. The number of likely N-dealkylation sites (N-methyl/N-ethyl adjacent to an activating group) is 1. The van der Waals surface area contributed by atoms with Gasteiger partial charge in [0.2, 0.25) is 5.91 Å². The molecule has 2 N–H and O–H groups in total. The van der Waals surface area contributed by atoms with Gasteiger partial charge in [0.1, 0.15) is 0 Å². The molecule has 0 aromatic heterocycles. The zero-order valence-electron chi connectivity index (χ0n) is 13.0. The van der Waals surface area contributed by atoms with E-state index in [1.165, 1.54) is 5.56 Å². The number of carbonyl (C=O) groups excluding carboxylic acids is 1. The van der Waals surface area contributed by atoms with Crippen molar-refractivity contribution in [2.45, 2.75) is 26.3 Å². The van der Waals surface area contributed by atoms with Crippen LogP contribution in [0, 0.1) is 5.92 Å². The summed E-state index contributed by atoms with van der Waals surface area (Å²) in [4.78, 5) is 14.6. The summed E-state index contributed by atoms with van der Waals surface area (Å²) in [5.74, 6) is 0.356. The van der Waals surface area contributed by atoms with Gasteiger partial charge in [-0.05, 0) is 31.5 Å². The van der Waals surface area contributed by atoms with Crippen molar-refractivity contribution in [3.63, 3.8) is 0 Å². The van der Waals surface area contributed by atoms with Gasteiger partial charge in [0.05, 0.1) is 5.92 Å². The zero-order chi connectivity index (χ0) is 14.9. The Bertz CT molecular complexity index is 421. The van der Waals surface area contributed by atoms with Crippen LogP contribution in [-0.2, 0) is 11.3 Å². The maximum absolute atomic E-state index is 12.2. The van der Waals surface area contributed by atoms with E-state index in [1.807, 2.05) is 6.07 Å². The SMILES string of the molecule is CCNCCNC(=O)C1CCCN(Cc2ccccc2)C1. The molecule has 0 aliphatic carbocycles. The lowest BCUT2D eigenvalue weighted by molar-refractivity contribution is -0.126. The van der Waals surface area contributed by atoms with E-state index in [4.69, 9.17) is 0 Å². The Balaban J connectivity index is 1.76. The highest BCUT2D eigenvalue weighted by atomic mass is 16.1. The minimum Gasteiger partial charge on any atom is -0.355 e. The maximum atomic E-state index is 12.2. The van der Waals surface area contributed by atoms with Gasteiger partial charge in [-0.2, -0.15) is 0 Å². The van der Waals surface area contributed by atoms with Crippen molar-refractivity contribution in [3.05, 3.63) is 35.9 Å². The van der Waals surface area contributed by atoms with Crippen molar-refractivity contribution in [1.29, 1.82) is 0 Å². The number of amides is 1. The largest absolute Gasteiger partial charge is 0.355 e. The molecule has 0 spiro atoms. The first kappa shape index (κ1) is 16.0. The predicted octanol–water partition coefficient (Wildman–Crippen LogP) is 1.62. The van der Waals surface area contributed by atoms with Crippen molar-refractivity contribution < 1.29 is 4.79 Å². The Labute approximate surface area is 127 Å². The van der Waals surface area contributed by atoms with Crippen LogP contribution >= 0.6 is 0 Å². The highest BCUT2D eigenvalue weighted by molar-refractivity contribution is 5.78. The molecule has 21 heavy (non-hydrogen) atoms. The van der Waals surface area contributed by atoms with Crippen molar-refractivity contribution in [3.8, 4) is 0 Å². The standard InChI is InChI=1S/C17H27N3O/c1-2-18-10-11-19-17(21)16-9-6-12-20(14-16)13-15-7-4-3-5-8-15/h3-5,7-8,16,18H,2,6,9-14H2,1H3,(H,19,21). The summed E-state index contributed by atoms with van der Waals surface area (Å²) in [6.45, 7) is 7.51. The van der Waals surface area contributed by atoms with Crippen molar-refractivity contribution in [2.24, 2.45) is 5.92 Å². The van der Waals surface area contributed by atoms with Crippen molar-refractivity contribution in [2.75, 3.05) is 32.7 Å². The second-order valence-corrected chi connectivity index (χ2v) is 5.70. The Hall–Kier alpha value is -1.39. The molecular weight excluding hydrogens is 262 g/mol. The van der Waals surface area contributed by atoms with E-state index >= 15 is 0 Å². The van der Waals surface area contributed by atoms with E-state index in [1.54, 1.807) is 0 Å². The van der Waals surface area contributed by atoms with Crippen LogP contribution in [0.15, 0.2) is 30.3 Å². The first-order valence-corrected chi connectivity index (χ1v) is 8.04. The second-order valence-electron chi connectivity index (χ2n) is 5.70. The average Bonchev–Trinajstić information content (AvgIpc) is 2.53. The predicted molar refractivity (Wildman–Crippen MR) is 86.0 cm³/mol. The lowest BCUT2D eigenvalue weighted by Gasteiger charge is -2.32. The van der Waals surface area contributed by atoms with E-state index in [2.05, 4.69) is 46.7 Å². The molecule has 1 unspecified atom stereocenters. The number of nitrogens with zero attached hydrogens (tertiary/aromatic N) is 1.